The van der Waals surface area contributed by atoms with Gasteiger partial charge < -0.3 is 0 Å². The second kappa shape index (κ2) is 5.51. The normalized spacial score (nSPS) is 22.0. The van der Waals surface area contributed by atoms with Gasteiger partial charge in [-0.3, -0.25) is 9.10 Å². The van der Waals surface area contributed by atoms with E-state index in [1.54, 1.807) is 13.0 Å². The zero-order valence-electron chi connectivity index (χ0n) is 8.16. The van der Waals surface area contributed by atoms with Crippen molar-refractivity contribution in [2.45, 2.75) is 32.6 Å². The Balaban J connectivity index is 2.73. The molecular weight excluding hydrogens is 222 g/mol. The molecule has 0 N–H and O–H groups in total. The van der Waals surface area contributed by atoms with Crippen molar-refractivity contribution in [3.63, 3.8) is 0 Å². The molecule has 1 aliphatic heterocycles. The minimum Gasteiger partial charge on any atom is -0.274 e. The number of hydrogen-bond donors (Lipinski definition) is 0. The molecule has 0 aromatic heterocycles. The number of nitrogens with zero attached hydrogens (tertiary/aromatic N) is 1. The summed E-state index contributed by atoms with van der Waals surface area (Å²) in [5.74, 6) is -0.0548. The molecule has 1 aliphatic rings. The maximum atomic E-state index is 11.7. The lowest BCUT2D eigenvalue weighted by atomic mass is 10.2. The van der Waals surface area contributed by atoms with Gasteiger partial charge >= 0.3 is 0 Å². The van der Waals surface area contributed by atoms with Crippen molar-refractivity contribution < 1.29 is 9.00 Å². The molecule has 1 amide bonds. The summed E-state index contributed by atoms with van der Waals surface area (Å²) in [6, 6.07) is 0. The van der Waals surface area contributed by atoms with E-state index in [1.165, 1.54) is 4.31 Å². The van der Waals surface area contributed by atoms with Crippen LogP contribution in [0.15, 0.2) is 10.4 Å². The Hall–Kier alpha value is -0.350. The Morgan fingerprint density at radius 2 is 2.21 bits per heavy atom. The van der Waals surface area contributed by atoms with Crippen molar-refractivity contribution >= 4 is 28.5 Å². The van der Waals surface area contributed by atoms with Gasteiger partial charge in [-0.15, -0.1) is 0 Å². The smallest absolute Gasteiger partial charge is 0.234 e. The van der Waals surface area contributed by atoms with Crippen LogP contribution in [0.25, 0.3) is 0 Å². The third kappa shape index (κ3) is 2.82. The van der Waals surface area contributed by atoms with Gasteiger partial charge in [0, 0.05) is 13.0 Å². The molecule has 14 heavy (non-hydrogen) atoms. The standard InChI is InChI=1S/C9H14ClNO2S/c1-2-8(10)14(13)11-7-5-3-4-6-9(11)12/h2H,3-7H2,1H3. The summed E-state index contributed by atoms with van der Waals surface area (Å²) in [5.41, 5.74) is 0. The Morgan fingerprint density at radius 3 is 2.86 bits per heavy atom. The van der Waals surface area contributed by atoms with Gasteiger partial charge in [0.2, 0.25) is 5.91 Å². The number of allylic oxidation sites excluding steroid dienone is 1. The van der Waals surface area contributed by atoms with Crippen molar-refractivity contribution in [3.05, 3.63) is 10.4 Å². The van der Waals surface area contributed by atoms with Crippen LogP contribution in [0.1, 0.15) is 32.6 Å². The molecule has 0 radical (unpaired) electrons. The van der Waals surface area contributed by atoms with Crippen LogP contribution in [0.4, 0.5) is 0 Å². The number of hydrogen-bond acceptors (Lipinski definition) is 2. The van der Waals surface area contributed by atoms with E-state index in [2.05, 4.69) is 0 Å². The van der Waals surface area contributed by atoms with Crippen molar-refractivity contribution in [2.24, 2.45) is 0 Å². The highest BCUT2D eigenvalue weighted by Crippen LogP contribution is 2.18. The van der Waals surface area contributed by atoms with E-state index in [9.17, 15) is 9.00 Å². The number of halogens is 1. The molecule has 1 heterocycles. The number of rotatable bonds is 2. The van der Waals surface area contributed by atoms with E-state index < -0.39 is 11.0 Å². The van der Waals surface area contributed by atoms with Gasteiger partial charge in [0.1, 0.15) is 4.36 Å². The molecule has 80 valence electrons. The molecule has 0 saturated carbocycles. The van der Waals surface area contributed by atoms with Crippen LogP contribution in [-0.2, 0) is 15.8 Å². The Labute approximate surface area is 91.7 Å². The second-order valence-corrected chi connectivity index (χ2v) is 5.16. The van der Waals surface area contributed by atoms with Gasteiger partial charge in [-0.05, 0) is 19.8 Å². The van der Waals surface area contributed by atoms with Gasteiger partial charge in [-0.2, -0.15) is 0 Å². The van der Waals surface area contributed by atoms with Gasteiger partial charge in [0.25, 0.3) is 0 Å². The number of amides is 1. The maximum Gasteiger partial charge on any atom is 0.234 e. The maximum absolute atomic E-state index is 11.7. The summed E-state index contributed by atoms with van der Waals surface area (Å²) in [6.45, 7) is 2.26. The minimum atomic E-state index is -1.48. The van der Waals surface area contributed by atoms with E-state index in [1.807, 2.05) is 0 Å². The van der Waals surface area contributed by atoms with Gasteiger partial charge in [-0.25, -0.2) is 4.21 Å². The third-order valence-electron chi connectivity index (χ3n) is 2.12. The van der Waals surface area contributed by atoms with Crippen LogP contribution in [-0.4, -0.2) is 21.0 Å². The molecule has 0 bridgehead atoms. The van der Waals surface area contributed by atoms with Crippen LogP contribution < -0.4 is 0 Å². The first kappa shape index (κ1) is 11.7. The number of carbonyl (C=O) groups is 1. The highest BCUT2D eigenvalue weighted by molar-refractivity contribution is 7.89. The molecule has 0 aromatic rings. The summed E-state index contributed by atoms with van der Waals surface area (Å²) in [6.07, 6.45) is 4.87. The van der Waals surface area contributed by atoms with Crippen LogP contribution in [0.2, 0.25) is 0 Å². The van der Waals surface area contributed by atoms with Crippen LogP contribution in [0, 0.1) is 0 Å². The second-order valence-electron chi connectivity index (χ2n) is 3.15. The topological polar surface area (TPSA) is 37.4 Å². The largest absolute Gasteiger partial charge is 0.274 e. The van der Waals surface area contributed by atoms with Crippen molar-refractivity contribution in [2.75, 3.05) is 6.54 Å². The predicted octanol–water partition coefficient (Wildman–Crippen LogP) is 2.15. The first-order valence-electron chi connectivity index (χ1n) is 4.71. The Morgan fingerprint density at radius 1 is 1.50 bits per heavy atom. The molecule has 0 aliphatic carbocycles. The van der Waals surface area contributed by atoms with E-state index in [-0.39, 0.29) is 10.3 Å². The van der Waals surface area contributed by atoms with Gasteiger partial charge in [-0.1, -0.05) is 24.1 Å². The monoisotopic (exact) mass is 235 g/mol. The fourth-order valence-electron chi connectivity index (χ4n) is 1.34. The van der Waals surface area contributed by atoms with Crippen molar-refractivity contribution in [3.8, 4) is 0 Å². The summed E-state index contributed by atoms with van der Waals surface area (Å²) >= 11 is 5.73. The summed E-state index contributed by atoms with van der Waals surface area (Å²) in [5, 5.41) is 0. The van der Waals surface area contributed by atoms with E-state index in [0.29, 0.717) is 13.0 Å². The molecule has 1 unspecified atom stereocenters. The molecule has 1 rings (SSSR count). The van der Waals surface area contributed by atoms with E-state index in [4.69, 9.17) is 11.6 Å². The fraction of sp³-hybridized carbons (Fsp3) is 0.667. The number of carbonyl (C=O) groups excluding carboxylic acids is 1. The fourth-order valence-corrected chi connectivity index (χ4v) is 2.57. The molecular formula is C9H14ClNO2S. The zero-order valence-corrected chi connectivity index (χ0v) is 9.74. The summed E-state index contributed by atoms with van der Waals surface area (Å²) in [7, 11) is -1.48. The molecule has 5 heteroatoms. The quantitative estimate of drug-likeness (QED) is 0.736. The zero-order chi connectivity index (χ0) is 10.6. The SMILES string of the molecule is CC=C(Cl)S(=O)N1CCCCCC1=O. The van der Waals surface area contributed by atoms with Gasteiger partial charge in [0.15, 0.2) is 11.0 Å². The Bertz CT molecular complexity index is 278. The first-order chi connectivity index (χ1) is 6.66. The summed E-state index contributed by atoms with van der Waals surface area (Å²) in [4.78, 5) is 11.5. The lowest BCUT2D eigenvalue weighted by molar-refractivity contribution is -0.125. The van der Waals surface area contributed by atoms with Crippen LogP contribution in [0.5, 0.6) is 0 Å². The molecule has 3 nitrogen and oxygen atoms in total. The van der Waals surface area contributed by atoms with Crippen LogP contribution >= 0.6 is 11.6 Å². The highest BCUT2D eigenvalue weighted by Gasteiger charge is 2.23. The molecule has 0 aromatic carbocycles. The molecule has 1 saturated heterocycles. The summed E-state index contributed by atoms with van der Waals surface area (Å²) < 4.78 is 13.3. The lowest BCUT2D eigenvalue weighted by Crippen LogP contribution is -2.32. The lowest BCUT2D eigenvalue weighted by Gasteiger charge is -2.18. The van der Waals surface area contributed by atoms with E-state index in [0.717, 1.165) is 19.3 Å². The van der Waals surface area contributed by atoms with Crippen molar-refractivity contribution in [1.82, 2.24) is 4.31 Å². The first-order valence-corrected chi connectivity index (χ1v) is 6.19. The molecule has 1 atom stereocenters. The Kier molecular flexibility index (Phi) is 4.62. The highest BCUT2D eigenvalue weighted by atomic mass is 35.5. The minimum absolute atomic E-state index is 0.0548. The van der Waals surface area contributed by atoms with Gasteiger partial charge in [0.05, 0.1) is 0 Å². The van der Waals surface area contributed by atoms with E-state index >= 15 is 0 Å². The average Bonchev–Trinajstić information content (AvgIpc) is 2.40. The predicted molar refractivity (Wildman–Crippen MR) is 57.9 cm³/mol. The van der Waals surface area contributed by atoms with Crippen LogP contribution in [0.3, 0.4) is 0 Å². The molecule has 1 fully saturated rings. The third-order valence-corrected chi connectivity index (χ3v) is 4.09. The molecule has 0 spiro atoms. The van der Waals surface area contributed by atoms with Crippen molar-refractivity contribution in [1.29, 1.82) is 0 Å². The average molecular weight is 236 g/mol.